The van der Waals surface area contributed by atoms with Gasteiger partial charge in [-0.2, -0.15) is 0 Å². The quantitative estimate of drug-likeness (QED) is 0.852. The van der Waals surface area contributed by atoms with Gasteiger partial charge in [0.2, 0.25) is 0 Å². The molecule has 1 aliphatic heterocycles. The predicted molar refractivity (Wildman–Crippen MR) is 63.5 cm³/mol. The molecule has 1 aromatic carbocycles. The van der Waals surface area contributed by atoms with E-state index in [4.69, 9.17) is 0 Å². The maximum absolute atomic E-state index is 11.8. The van der Waals surface area contributed by atoms with Crippen molar-refractivity contribution in [2.45, 2.75) is 5.25 Å². The number of hydrogen-bond acceptors (Lipinski definition) is 3. The van der Waals surface area contributed by atoms with Crippen LogP contribution in [0.3, 0.4) is 0 Å². The highest BCUT2D eigenvalue weighted by Crippen LogP contribution is 2.26. The molecule has 1 N–H and O–H groups in total. The highest BCUT2D eigenvalue weighted by molar-refractivity contribution is 9.10. The molecule has 1 saturated heterocycles. The van der Waals surface area contributed by atoms with Crippen LogP contribution in [0.4, 0.5) is 0 Å². The van der Waals surface area contributed by atoms with Gasteiger partial charge in [0.15, 0.2) is 9.84 Å². The summed E-state index contributed by atoms with van der Waals surface area (Å²) in [4.78, 5) is 0. The molecule has 0 aliphatic carbocycles. The molecule has 1 unspecified atom stereocenters. The van der Waals surface area contributed by atoms with E-state index >= 15 is 0 Å². The number of benzene rings is 1. The molecule has 1 aliphatic rings. The fraction of sp³-hybridized carbons (Fsp3) is 0.400. The largest absolute Gasteiger partial charge is 0.314 e. The molecule has 0 amide bonds. The molecule has 82 valence electrons. The second-order valence-electron chi connectivity index (χ2n) is 3.61. The van der Waals surface area contributed by atoms with Gasteiger partial charge in [-0.3, -0.25) is 0 Å². The van der Waals surface area contributed by atoms with Crippen LogP contribution >= 0.6 is 15.9 Å². The molecular weight excluding hydrogens is 278 g/mol. The summed E-state index contributed by atoms with van der Waals surface area (Å²) in [7, 11) is -2.98. The summed E-state index contributed by atoms with van der Waals surface area (Å²) in [6.45, 7) is 1.08. The lowest BCUT2D eigenvalue weighted by Crippen LogP contribution is -2.38. The molecular formula is C10H12BrNO2S. The Kier molecular flexibility index (Phi) is 3.13. The van der Waals surface area contributed by atoms with Crippen LogP contribution in [0, 0.1) is 0 Å². The van der Waals surface area contributed by atoms with Crippen LogP contribution in [0.2, 0.25) is 0 Å². The monoisotopic (exact) mass is 289 g/mol. The van der Waals surface area contributed by atoms with Gasteiger partial charge in [-0.05, 0) is 17.7 Å². The van der Waals surface area contributed by atoms with Crippen LogP contribution in [-0.4, -0.2) is 27.3 Å². The van der Waals surface area contributed by atoms with Gasteiger partial charge in [-0.1, -0.05) is 28.1 Å². The van der Waals surface area contributed by atoms with Crippen LogP contribution in [0.25, 0.3) is 0 Å². The molecule has 3 nitrogen and oxygen atoms in total. The average molecular weight is 290 g/mol. The van der Waals surface area contributed by atoms with Crippen molar-refractivity contribution in [1.29, 1.82) is 0 Å². The third kappa shape index (κ3) is 2.41. The van der Waals surface area contributed by atoms with Gasteiger partial charge in [0.25, 0.3) is 0 Å². The fourth-order valence-corrected chi connectivity index (χ4v) is 3.81. The summed E-state index contributed by atoms with van der Waals surface area (Å²) < 4.78 is 24.6. The second-order valence-corrected chi connectivity index (χ2v) is 6.83. The minimum Gasteiger partial charge on any atom is -0.314 e. The molecule has 1 aromatic rings. The maximum atomic E-state index is 11.8. The predicted octanol–water partition coefficient (Wildman–Crippen LogP) is 1.51. The lowest BCUT2D eigenvalue weighted by Gasteiger charge is -2.23. The number of hydrogen-bond donors (Lipinski definition) is 1. The summed E-state index contributed by atoms with van der Waals surface area (Å²) in [6, 6.07) is 7.49. The normalized spacial score (nSPS) is 25.0. The number of rotatable bonds is 1. The highest BCUT2D eigenvalue weighted by atomic mass is 79.9. The summed E-state index contributed by atoms with van der Waals surface area (Å²) in [5, 5.41) is 2.71. The van der Waals surface area contributed by atoms with Crippen LogP contribution in [0.1, 0.15) is 10.8 Å². The van der Waals surface area contributed by atoms with Crippen LogP contribution in [0.5, 0.6) is 0 Å². The number of halogens is 1. The van der Waals surface area contributed by atoms with E-state index < -0.39 is 15.1 Å². The Labute approximate surface area is 97.9 Å². The van der Waals surface area contributed by atoms with Gasteiger partial charge in [0, 0.05) is 17.6 Å². The lowest BCUT2D eigenvalue weighted by molar-refractivity contribution is 0.551. The van der Waals surface area contributed by atoms with Crippen LogP contribution in [-0.2, 0) is 9.84 Å². The zero-order valence-corrected chi connectivity index (χ0v) is 10.5. The smallest absolute Gasteiger partial charge is 0.159 e. The fourth-order valence-electron chi connectivity index (χ4n) is 1.75. The Morgan fingerprint density at radius 3 is 2.87 bits per heavy atom. The summed E-state index contributed by atoms with van der Waals surface area (Å²) in [6.07, 6.45) is 0. The van der Waals surface area contributed by atoms with E-state index in [0.717, 1.165) is 10.0 Å². The molecule has 5 heteroatoms. The average Bonchev–Trinajstić information content (AvgIpc) is 2.17. The molecule has 15 heavy (non-hydrogen) atoms. The lowest BCUT2D eigenvalue weighted by atomic mass is 10.1. The Balaban J connectivity index is 2.37. The molecule has 1 fully saturated rings. The molecule has 1 atom stereocenters. The first-order chi connectivity index (χ1) is 7.09. The summed E-state index contributed by atoms with van der Waals surface area (Å²) in [5.74, 6) is 0.226. The minimum absolute atomic E-state index is 0.226. The zero-order valence-electron chi connectivity index (χ0n) is 8.11. The summed E-state index contributed by atoms with van der Waals surface area (Å²) in [5.41, 5.74) is 0.858. The molecule has 1 heterocycles. The molecule has 0 radical (unpaired) electrons. The molecule has 0 bridgehead atoms. The van der Waals surface area contributed by atoms with Gasteiger partial charge >= 0.3 is 0 Å². The third-order valence-corrected chi connectivity index (χ3v) is 5.12. The number of nitrogens with one attached hydrogen (secondary N) is 1. The van der Waals surface area contributed by atoms with Gasteiger partial charge in [0.05, 0.1) is 11.0 Å². The summed E-state index contributed by atoms with van der Waals surface area (Å²) >= 11 is 3.35. The van der Waals surface area contributed by atoms with Crippen molar-refractivity contribution in [1.82, 2.24) is 5.32 Å². The first-order valence-electron chi connectivity index (χ1n) is 4.77. The van der Waals surface area contributed by atoms with Crippen molar-refractivity contribution in [2.75, 3.05) is 18.8 Å². The van der Waals surface area contributed by atoms with Crippen LogP contribution in [0.15, 0.2) is 28.7 Å². The van der Waals surface area contributed by atoms with Gasteiger partial charge in [0.1, 0.15) is 0 Å². The Morgan fingerprint density at radius 1 is 1.40 bits per heavy atom. The molecule has 0 saturated carbocycles. The van der Waals surface area contributed by atoms with E-state index in [1.54, 1.807) is 0 Å². The van der Waals surface area contributed by atoms with Gasteiger partial charge < -0.3 is 5.32 Å². The van der Waals surface area contributed by atoms with Crippen molar-refractivity contribution in [3.05, 3.63) is 34.3 Å². The highest BCUT2D eigenvalue weighted by Gasteiger charge is 2.29. The SMILES string of the molecule is O=S1(=O)CCNCC1c1cccc(Br)c1. The van der Waals surface area contributed by atoms with E-state index in [0.29, 0.717) is 13.1 Å². The van der Waals surface area contributed by atoms with E-state index in [1.807, 2.05) is 24.3 Å². The van der Waals surface area contributed by atoms with Gasteiger partial charge in [-0.25, -0.2) is 8.42 Å². The Hall–Kier alpha value is -0.390. The van der Waals surface area contributed by atoms with E-state index in [2.05, 4.69) is 21.2 Å². The van der Waals surface area contributed by atoms with E-state index in [-0.39, 0.29) is 5.75 Å². The van der Waals surface area contributed by atoms with E-state index in [1.165, 1.54) is 0 Å². The molecule has 0 spiro atoms. The zero-order chi connectivity index (χ0) is 10.9. The molecule has 2 rings (SSSR count). The van der Waals surface area contributed by atoms with Crippen molar-refractivity contribution < 1.29 is 8.42 Å². The van der Waals surface area contributed by atoms with Gasteiger partial charge in [-0.15, -0.1) is 0 Å². The van der Waals surface area contributed by atoms with Crippen molar-refractivity contribution in [3.63, 3.8) is 0 Å². The topological polar surface area (TPSA) is 46.2 Å². The first-order valence-corrected chi connectivity index (χ1v) is 7.28. The van der Waals surface area contributed by atoms with Crippen molar-refractivity contribution in [2.24, 2.45) is 0 Å². The van der Waals surface area contributed by atoms with Crippen molar-refractivity contribution >= 4 is 25.8 Å². The Bertz CT molecular complexity index is 458. The maximum Gasteiger partial charge on any atom is 0.159 e. The van der Waals surface area contributed by atoms with Crippen molar-refractivity contribution in [3.8, 4) is 0 Å². The number of sulfone groups is 1. The molecule has 0 aromatic heterocycles. The minimum atomic E-state index is -2.98. The van der Waals surface area contributed by atoms with Crippen LogP contribution < -0.4 is 5.32 Å². The van der Waals surface area contributed by atoms with E-state index in [9.17, 15) is 8.42 Å². The Morgan fingerprint density at radius 2 is 2.20 bits per heavy atom. The standard InChI is InChI=1S/C10H12BrNO2S/c11-9-3-1-2-8(6-9)10-7-12-4-5-15(10,13)14/h1-3,6,10,12H,4-5,7H2. The third-order valence-electron chi connectivity index (χ3n) is 2.55. The first kappa shape index (κ1) is 11.1. The second kappa shape index (κ2) is 4.23.